The molecule has 1 atom stereocenters. The number of nitrogens with one attached hydrogen (secondary N) is 3. The molecule has 0 spiro atoms. The minimum atomic E-state index is -3.59. The van der Waals surface area contributed by atoms with E-state index in [2.05, 4.69) is 25.9 Å². The summed E-state index contributed by atoms with van der Waals surface area (Å²) in [5.41, 5.74) is 2.03. The molecule has 3 N–H and O–H groups in total. The Morgan fingerprint density at radius 3 is 2.37 bits per heavy atom. The summed E-state index contributed by atoms with van der Waals surface area (Å²) in [6.45, 7) is 1.47. The van der Waals surface area contributed by atoms with E-state index in [4.69, 9.17) is 4.74 Å². The number of imide groups is 1. The Morgan fingerprint density at radius 2 is 1.68 bits per heavy atom. The van der Waals surface area contributed by atoms with Crippen LogP contribution in [0.1, 0.15) is 92.5 Å². The Bertz CT molecular complexity index is 2220. The number of fused-ring (bicyclic) bond motifs is 1. The van der Waals surface area contributed by atoms with Gasteiger partial charge in [-0.1, -0.05) is 18.9 Å². The molecule has 18 heteroatoms. The van der Waals surface area contributed by atoms with E-state index >= 15 is 13.2 Å². The summed E-state index contributed by atoms with van der Waals surface area (Å²) in [6.07, 6.45) is 8.28. The second-order valence-corrected chi connectivity index (χ2v) is 17.1. The minimum Gasteiger partial charge on any atom is -0.495 e. The zero-order valence-corrected chi connectivity index (χ0v) is 34.9. The summed E-state index contributed by atoms with van der Waals surface area (Å²) in [6, 6.07) is 9.41. The Labute approximate surface area is 357 Å². The molecule has 4 fully saturated rings. The molecular weight excluding hydrogens is 808 g/mol. The lowest BCUT2D eigenvalue weighted by Gasteiger charge is -2.36. The van der Waals surface area contributed by atoms with E-state index in [0.717, 1.165) is 43.4 Å². The molecule has 1 aliphatic carbocycles. The molecule has 3 aromatic rings. The lowest BCUT2D eigenvalue weighted by Crippen LogP contribution is -2.48. The first-order valence-electron chi connectivity index (χ1n) is 21.5. The maximum atomic E-state index is 15.2. The fourth-order valence-electron chi connectivity index (χ4n) is 9.46. The summed E-state index contributed by atoms with van der Waals surface area (Å²) in [5.74, 6) is -5.92. The van der Waals surface area contributed by atoms with Crippen LogP contribution in [-0.4, -0.2) is 109 Å². The maximum absolute atomic E-state index is 15.2. The van der Waals surface area contributed by atoms with E-state index in [1.807, 2.05) is 9.80 Å². The van der Waals surface area contributed by atoms with Gasteiger partial charge in [-0.3, -0.25) is 29.3 Å². The van der Waals surface area contributed by atoms with Gasteiger partial charge in [0.05, 0.1) is 37.1 Å². The lowest BCUT2D eigenvalue weighted by atomic mass is 9.89. The number of hydrogen-bond donors (Lipinski definition) is 3. The molecule has 4 aliphatic heterocycles. The molecule has 15 nitrogen and oxygen atoms in total. The van der Waals surface area contributed by atoms with Crippen LogP contribution in [0.25, 0.3) is 0 Å². The summed E-state index contributed by atoms with van der Waals surface area (Å²) < 4.78 is 50.9. The van der Waals surface area contributed by atoms with Crippen molar-refractivity contribution in [2.24, 2.45) is 5.92 Å². The highest BCUT2D eigenvalue weighted by molar-refractivity contribution is 6.02. The predicted octanol–water partition coefficient (Wildman–Crippen LogP) is 5.28. The molecule has 5 heterocycles. The largest absolute Gasteiger partial charge is 0.495 e. The average molecular weight is 860 g/mol. The summed E-state index contributed by atoms with van der Waals surface area (Å²) in [5, 5.41) is 8.51. The van der Waals surface area contributed by atoms with Crippen molar-refractivity contribution in [2.45, 2.75) is 94.6 Å². The number of benzene rings is 2. The number of carbonyl (C=O) groups is 5. The molecule has 1 unspecified atom stereocenters. The van der Waals surface area contributed by atoms with Crippen LogP contribution in [0, 0.1) is 11.7 Å². The number of anilines is 5. The van der Waals surface area contributed by atoms with Crippen LogP contribution in [-0.2, 0) is 19.2 Å². The van der Waals surface area contributed by atoms with E-state index in [1.54, 1.807) is 30.3 Å². The summed E-state index contributed by atoms with van der Waals surface area (Å²) >= 11 is 0. The van der Waals surface area contributed by atoms with Crippen LogP contribution >= 0.6 is 0 Å². The molecule has 3 saturated heterocycles. The second-order valence-electron chi connectivity index (χ2n) is 17.1. The molecular formula is C44H52F3N9O6. The van der Waals surface area contributed by atoms with Crippen molar-refractivity contribution < 1.29 is 41.9 Å². The van der Waals surface area contributed by atoms with Crippen LogP contribution < -0.4 is 35.4 Å². The number of aromatic nitrogens is 2. The molecule has 1 aromatic heterocycles. The van der Waals surface area contributed by atoms with Crippen LogP contribution in [0.3, 0.4) is 0 Å². The van der Waals surface area contributed by atoms with E-state index < -0.39 is 36.0 Å². The molecule has 8 rings (SSSR count). The molecule has 5 aliphatic rings. The highest BCUT2D eigenvalue weighted by Gasteiger charge is 2.49. The number of amides is 5. The van der Waals surface area contributed by atoms with E-state index in [9.17, 15) is 24.0 Å². The zero-order valence-electron chi connectivity index (χ0n) is 34.9. The van der Waals surface area contributed by atoms with Gasteiger partial charge in [-0.25, -0.2) is 9.37 Å². The SMILES string of the molecule is COc1cc(C(=O)NC2CCN(C(=O)CC3CCN(c4ccc(C5CCC(=O)NC5=O)cc4F)CC3)CC2)ccc1Nc1ncc2c(n1)N(C1CCCC1)CC(F)(F)C(=O)N2C. The van der Waals surface area contributed by atoms with Gasteiger partial charge in [0.15, 0.2) is 5.82 Å². The Morgan fingerprint density at radius 1 is 0.935 bits per heavy atom. The highest BCUT2D eigenvalue weighted by Crippen LogP contribution is 2.40. The average Bonchev–Trinajstić information content (AvgIpc) is 3.79. The van der Waals surface area contributed by atoms with E-state index in [0.29, 0.717) is 80.1 Å². The Balaban J connectivity index is 0.816. The third-order valence-corrected chi connectivity index (χ3v) is 13.1. The van der Waals surface area contributed by atoms with Crippen molar-refractivity contribution in [3.63, 3.8) is 0 Å². The van der Waals surface area contributed by atoms with Crippen molar-refractivity contribution in [2.75, 3.05) is 66.9 Å². The van der Waals surface area contributed by atoms with Gasteiger partial charge in [0.25, 0.3) is 11.8 Å². The normalized spacial score (nSPS) is 21.4. The molecule has 0 radical (unpaired) electrons. The molecule has 5 amide bonds. The Hall–Kier alpha value is -5.94. The predicted molar refractivity (Wildman–Crippen MR) is 224 cm³/mol. The topological polar surface area (TPSA) is 169 Å². The van der Waals surface area contributed by atoms with Crippen LogP contribution in [0.15, 0.2) is 42.6 Å². The van der Waals surface area contributed by atoms with Crippen molar-refractivity contribution in [3.05, 3.63) is 59.5 Å². The number of nitrogens with zero attached hydrogens (tertiary/aromatic N) is 6. The van der Waals surface area contributed by atoms with Crippen molar-refractivity contribution in [1.82, 2.24) is 25.5 Å². The fraction of sp³-hybridized carbons (Fsp3) is 0.523. The first-order valence-corrected chi connectivity index (χ1v) is 21.5. The maximum Gasteiger partial charge on any atom is 0.342 e. The third-order valence-electron chi connectivity index (χ3n) is 13.1. The van der Waals surface area contributed by atoms with Gasteiger partial charge in [0, 0.05) is 63.7 Å². The smallest absolute Gasteiger partial charge is 0.342 e. The molecule has 2 aromatic carbocycles. The van der Waals surface area contributed by atoms with Gasteiger partial charge in [0.1, 0.15) is 17.3 Å². The number of ether oxygens (including phenoxy) is 1. The quantitative estimate of drug-likeness (QED) is 0.227. The minimum absolute atomic E-state index is 0.0731. The van der Waals surface area contributed by atoms with Gasteiger partial charge in [-0.2, -0.15) is 13.8 Å². The van der Waals surface area contributed by atoms with Gasteiger partial charge < -0.3 is 35.0 Å². The first kappa shape index (κ1) is 42.7. The lowest BCUT2D eigenvalue weighted by molar-refractivity contribution is -0.140. The number of rotatable bonds is 10. The van der Waals surface area contributed by atoms with E-state index in [-0.39, 0.29) is 59.6 Å². The van der Waals surface area contributed by atoms with Gasteiger partial charge in [-0.05, 0) is 86.8 Å². The number of hydrogen-bond acceptors (Lipinski definition) is 11. The fourth-order valence-corrected chi connectivity index (χ4v) is 9.46. The monoisotopic (exact) mass is 859 g/mol. The number of likely N-dealkylation sites (tertiary alicyclic amines) is 1. The standard InChI is InChI=1S/C44H52F3N9O6/c1-53-35-24-48-43(52-39(35)56(30-5-3-4-6-30)25-44(46,47)42(53)61)50-33-10-7-28(23-36(33)62-2)40(59)49-29-15-19-55(20-16-29)38(58)21-26-13-17-54(18-14-26)34-11-8-27(22-32(34)45)31-9-12-37(57)51-41(31)60/h7-8,10-11,22-24,26,29-31H,3-6,9,12-21,25H2,1-2H3,(H,49,59)(H,48,50,52)(H,51,57,60). The van der Waals surface area contributed by atoms with Gasteiger partial charge >= 0.3 is 5.92 Å². The second kappa shape index (κ2) is 17.8. The summed E-state index contributed by atoms with van der Waals surface area (Å²) in [4.78, 5) is 78.4. The van der Waals surface area contributed by atoms with Crippen molar-refractivity contribution in [3.8, 4) is 5.75 Å². The molecule has 62 heavy (non-hydrogen) atoms. The van der Waals surface area contributed by atoms with E-state index in [1.165, 1.54) is 31.3 Å². The van der Waals surface area contributed by atoms with Gasteiger partial charge in [-0.15, -0.1) is 0 Å². The van der Waals surface area contributed by atoms with Crippen LogP contribution in [0.2, 0.25) is 0 Å². The Kier molecular flexibility index (Phi) is 12.3. The number of piperidine rings is 3. The number of carbonyl (C=O) groups excluding carboxylic acids is 5. The van der Waals surface area contributed by atoms with Gasteiger partial charge in [0.2, 0.25) is 23.7 Å². The molecule has 1 saturated carbocycles. The molecule has 330 valence electrons. The number of halogens is 3. The zero-order chi connectivity index (χ0) is 43.7. The third kappa shape index (κ3) is 9.00. The highest BCUT2D eigenvalue weighted by atomic mass is 19.3. The number of methoxy groups -OCH3 is 1. The summed E-state index contributed by atoms with van der Waals surface area (Å²) in [7, 11) is 2.76. The van der Waals surface area contributed by atoms with Crippen molar-refractivity contribution >= 4 is 58.4 Å². The first-order chi connectivity index (χ1) is 29.8. The van der Waals surface area contributed by atoms with Crippen molar-refractivity contribution in [1.29, 1.82) is 0 Å². The van der Waals surface area contributed by atoms with Crippen LogP contribution in [0.5, 0.6) is 5.75 Å². The van der Waals surface area contributed by atoms with Crippen LogP contribution in [0.4, 0.5) is 42.0 Å². The number of alkyl halides is 2. The molecule has 0 bridgehead atoms.